The molecule has 164 valence electrons. The Morgan fingerprint density at radius 2 is 1.61 bits per heavy atom. The van der Waals surface area contributed by atoms with Crippen molar-refractivity contribution in [2.24, 2.45) is 0 Å². The van der Waals surface area contributed by atoms with Crippen molar-refractivity contribution in [3.8, 4) is 34.3 Å². The molecule has 1 aliphatic heterocycles. The molecular formula is C21H20O10. The fourth-order valence-electron chi connectivity index (χ4n) is 3.40. The molecule has 4 rings (SSSR count). The lowest BCUT2D eigenvalue weighted by Crippen LogP contribution is -2.58. The van der Waals surface area contributed by atoms with Gasteiger partial charge in [-0.3, -0.25) is 4.79 Å². The number of rotatable bonds is 3. The third-order valence-electron chi connectivity index (χ3n) is 5.11. The molecule has 0 amide bonds. The van der Waals surface area contributed by atoms with E-state index < -0.39 is 47.6 Å². The molecule has 3 aromatic rings. The molecule has 1 aliphatic rings. The third kappa shape index (κ3) is 3.66. The molecule has 0 bridgehead atoms. The second kappa shape index (κ2) is 7.75. The van der Waals surface area contributed by atoms with E-state index >= 15 is 0 Å². The Bertz CT molecular complexity index is 1170. The number of benzene rings is 2. The fraction of sp³-hybridized carbons (Fsp3) is 0.286. The molecule has 1 fully saturated rings. The molecule has 0 radical (unpaired) electrons. The Labute approximate surface area is 174 Å². The predicted molar refractivity (Wildman–Crippen MR) is 106 cm³/mol. The Morgan fingerprint density at radius 3 is 2.29 bits per heavy atom. The maximum absolute atomic E-state index is 12.4. The van der Waals surface area contributed by atoms with Crippen molar-refractivity contribution in [2.75, 3.05) is 0 Å². The third-order valence-corrected chi connectivity index (χ3v) is 5.11. The number of phenolic OH excluding ortho intramolecular Hbond substituents is 2. The van der Waals surface area contributed by atoms with Crippen molar-refractivity contribution in [1.29, 1.82) is 0 Å². The molecule has 0 aliphatic carbocycles. The Balaban J connectivity index is 1.64. The highest BCUT2D eigenvalue weighted by molar-refractivity contribution is 5.88. The van der Waals surface area contributed by atoms with Crippen LogP contribution in [0.15, 0.2) is 45.6 Å². The van der Waals surface area contributed by atoms with Gasteiger partial charge in [-0.1, -0.05) is 0 Å². The van der Waals surface area contributed by atoms with Gasteiger partial charge in [-0.25, -0.2) is 0 Å². The summed E-state index contributed by atoms with van der Waals surface area (Å²) in [6, 6.07) is 7.94. The first kappa shape index (κ1) is 20.9. The van der Waals surface area contributed by atoms with Gasteiger partial charge in [0.2, 0.25) is 17.5 Å². The van der Waals surface area contributed by atoms with Crippen molar-refractivity contribution in [3.63, 3.8) is 0 Å². The highest BCUT2D eigenvalue weighted by Gasteiger charge is 2.43. The number of fused-ring (bicyclic) bond motifs is 1. The van der Waals surface area contributed by atoms with Crippen LogP contribution < -0.4 is 10.2 Å². The molecule has 1 aromatic heterocycles. The zero-order chi connectivity index (χ0) is 22.4. The zero-order valence-corrected chi connectivity index (χ0v) is 16.2. The molecule has 0 unspecified atom stereocenters. The van der Waals surface area contributed by atoms with Crippen molar-refractivity contribution in [2.45, 2.75) is 37.6 Å². The van der Waals surface area contributed by atoms with Crippen LogP contribution in [0, 0.1) is 0 Å². The standard InChI is InChI=1S/C21H20O10/c1-8-15(24)17(26)19(28)21(29-8)30-11-4-2-9(3-5-11)20-18(27)16(25)14-12(23)6-10(22)7-13(14)31-20/h2-8,15,17,19,21-24,26-28H,1H3/t8-,15-,17+,19-,21-/m0/s1. The zero-order valence-electron chi connectivity index (χ0n) is 16.2. The van der Waals surface area contributed by atoms with Crippen LogP contribution in [0.3, 0.4) is 0 Å². The Morgan fingerprint density at radius 1 is 0.935 bits per heavy atom. The summed E-state index contributed by atoms with van der Waals surface area (Å²) in [4.78, 5) is 12.4. The average molecular weight is 432 g/mol. The van der Waals surface area contributed by atoms with Gasteiger partial charge in [0.15, 0.2) is 5.76 Å². The highest BCUT2D eigenvalue weighted by Crippen LogP contribution is 2.35. The van der Waals surface area contributed by atoms with E-state index in [1.165, 1.54) is 31.2 Å². The molecule has 31 heavy (non-hydrogen) atoms. The van der Waals surface area contributed by atoms with E-state index in [1.807, 2.05) is 0 Å². The molecule has 0 spiro atoms. The SMILES string of the molecule is C[C@@H]1O[C@@H](Oc2ccc(-c3oc4cc(O)cc(O)c4c(=O)c3O)cc2)[C@@H](O)[C@H](O)[C@H]1O. The summed E-state index contributed by atoms with van der Waals surface area (Å²) in [6.07, 6.45) is -6.16. The Kier molecular flexibility index (Phi) is 5.23. The van der Waals surface area contributed by atoms with Crippen LogP contribution in [0.2, 0.25) is 0 Å². The maximum atomic E-state index is 12.4. The van der Waals surface area contributed by atoms with Crippen LogP contribution in [-0.4, -0.2) is 61.3 Å². The van der Waals surface area contributed by atoms with Crippen LogP contribution >= 0.6 is 0 Å². The van der Waals surface area contributed by atoms with E-state index in [-0.39, 0.29) is 28.2 Å². The number of aromatic hydroxyl groups is 3. The van der Waals surface area contributed by atoms with Crippen molar-refractivity contribution in [1.82, 2.24) is 0 Å². The van der Waals surface area contributed by atoms with E-state index in [4.69, 9.17) is 13.9 Å². The lowest BCUT2D eigenvalue weighted by atomic mass is 10.00. The molecule has 6 N–H and O–H groups in total. The molecule has 1 saturated heterocycles. The quantitative estimate of drug-likeness (QED) is 0.348. The highest BCUT2D eigenvalue weighted by atomic mass is 16.7. The molecule has 2 aromatic carbocycles. The largest absolute Gasteiger partial charge is 0.508 e. The monoisotopic (exact) mass is 432 g/mol. The minimum Gasteiger partial charge on any atom is -0.508 e. The van der Waals surface area contributed by atoms with Crippen molar-refractivity contribution < 1.29 is 44.5 Å². The summed E-state index contributed by atoms with van der Waals surface area (Å²) in [5.41, 5.74) is -0.689. The smallest absolute Gasteiger partial charge is 0.238 e. The number of hydrogen-bond donors (Lipinski definition) is 6. The summed E-state index contributed by atoms with van der Waals surface area (Å²) >= 11 is 0. The van der Waals surface area contributed by atoms with Gasteiger partial charge in [-0.15, -0.1) is 0 Å². The van der Waals surface area contributed by atoms with Gasteiger partial charge in [0.05, 0.1) is 6.10 Å². The van der Waals surface area contributed by atoms with E-state index in [0.29, 0.717) is 5.56 Å². The first-order valence-electron chi connectivity index (χ1n) is 9.36. The minimum absolute atomic E-state index is 0.115. The lowest BCUT2D eigenvalue weighted by Gasteiger charge is -2.38. The van der Waals surface area contributed by atoms with Crippen LogP contribution in [0.25, 0.3) is 22.3 Å². The molecule has 0 saturated carbocycles. The van der Waals surface area contributed by atoms with Gasteiger partial charge >= 0.3 is 0 Å². The van der Waals surface area contributed by atoms with Crippen LogP contribution in [-0.2, 0) is 4.74 Å². The van der Waals surface area contributed by atoms with Crippen LogP contribution in [0.5, 0.6) is 23.0 Å². The van der Waals surface area contributed by atoms with E-state index in [1.54, 1.807) is 0 Å². The molecule has 10 nitrogen and oxygen atoms in total. The first-order chi connectivity index (χ1) is 14.7. The summed E-state index contributed by atoms with van der Waals surface area (Å²) in [5, 5.41) is 59.2. The van der Waals surface area contributed by atoms with Gasteiger partial charge < -0.3 is 44.5 Å². The van der Waals surface area contributed by atoms with Gasteiger partial charge in [-0.05, 0) is 31.2 Å². The van der Waals surface area contributed by atoms with E-state index in [0.717, 1.165) is 12.1 Å². The number of aliphatic hydroxyl groups excluding tert-OH is 3. The number of phenols is 2. The summed E-state index contributed by atoms with van der Waals surface area (Å²) < 4.78 is 16.4. The van der Waals surface area contributed by atoms with Crippen LogP contribution in [0.1, 0.15) is 6.92 Å². The Hall–Kier alpha value is -3.31. The normalized spacial score (nSPS) is 26.1. The molecule has 5 atom stereocenters. The molecular weight excluding hydrogens is 412 g/mol. The predicted octanol–water partition coefficient (Wildman–Crippen LogP) is 0.783. The molecule has 10 heteroatoms. The summed E-state index contributed by atoms with van der Waals surface area (Å²) in [5.74, 6) is -1.51. The molecule has 2 heterocycles. The van der Waals surface area contributed by atoms with Crippen molar-refractivity contribution >= 4 is 11.0 Å². The fourth-order valence-corrected chi connectivity index (χ4v) is 3.40. The lowest BCUT2D eigenvalue weighted by molar-refractivity contribution is -0.268. The second-order valence-electron chi connectivity index (χ2n) is 7.27. The topological polar surface area (TPSA) is 170 Å². The summed E-state index contributed by atoms with van der Waals surface area (Å²) in [7, 11) is 0. The number of hydrogen-bond acceptors (Lipinski definition) is 10. The summed E-state index contributed by atoms with van der Waals surface area (Å²) in [6.45, 7) is 1.53. The second-order valence-corrected chi connectivity index (χ2v) is 7.27. The first-order valence-corrected chi connectivity index (χ1v) is 9.36. The van der Waals surface area contributed by atoms with E-state index in [2.05, 4.69) is 0 Å². The number of aliphatic hydroxyl groups is 3. The van der Waals surface area contributed by atoms with Gasteiger partial charge in [0.25, 0.3) is 0 Å². The maximum Gasteiger partial charge on any atom is 0.238 e. The average Bonchev–Trinajstić information content (AvgIpc) is 2.73. The van der Waals surface area contributed by atoms with Gasteiger partial charge in [0, 0.05) is 17.7 Å². The van der Waals surface area contributed by atoms with Gasteiger partial charge in [-0.2, -0.15) is 0 Å². The van der Waals surface area contributed by atoms with Gasteiger partial charge in [0.1, 0.15) is 46.5 Å². The minimum atomic E-state index is -1.48. The van der Waals surface area contributed by atoms with E-state index in [9.17, 15) is 35.4 Å². The van der Waals surface area contributed by atoms with Crippen molar-refractivity contribution in [3.05, 3.63) is 46.6 Å². The van der Waals surface area contributed by atoms with Crippen LogP contribution in [0.4, 0.5) is 0 Å². The number of ether oxygens (including phenoxy) is 2.